The van der Waals surface area contributed by atoms with E-state index >= 15 is 0 Å². The highest BCUT2D eigenvalue weighted by Gasteiger charge is 2.44. The van der Waals surface area contributed by atoms with Crippen molar-refractivity contribution in [1.29, 1.82) is 0 Å². The van der Waals surface area contributed by atoms with Crippen molar-refractivity contribution >= 4 is 29.1 Å². The van der Waals surface area contributed by atoms with Crippen LogP contribution in [0.1, 0.15) is 44.7 Å². The van der Waals surface area contributed by atoms with E-state index in [2.05, 4.69) is 34.1 Å². The molecular weight excluding hydrogens is 502 g/mol. The molecule has 0 radical (unpaired) electrons. The Morgan fingerprint density at radius 1 is 0.789 bits per heavy atom. The summed E-state index contributed by atoms with van der Waals surface area (Å²) in [6.07, 6.45) is 2.25. The number of rotatable bonds is 7. The number of hydrogen-bond acceptors (Lipinski definition) is 6. The molecule has 2 amide bonds. The number of benzene rings is 3. The van der Waals surface area contributed by atoms with Crippen LogP contribution in [0.15, 0.2) is 60.7 Å². The standard InChI is InChI=1S/C30H30ClN3O4/c1-37-25-13-8-20(14-26(25)38-2)16-34-29(35)27-23(31)11-12-24(28(27)30(34)36)32-17-21-9-10-22(18-32)33(21)15-19-6-4-3-5-7-19/h3-8,11-14,21-22H,9-10,15-18H2,1-2H3. The van der Waals surface area contributed by atoms with Gasteiger partial charge in [-0.1, -0.05) is 48.0 Å². The van der Waals surface area contributed by atoms with Gasteiger partial charge in [-0.2, -0.15) is 0 Å². The number of halogens is 1. The second-order valence-electron chi connectivity index (χ2n) is 10.2. The van der Waals surface area contributed by atoms with Gasteiger partial charge in [-0.25, -0.2) is 0 Å². The van der Waals surface area contributed by atoms with E-state index in [1.807, 2.05) is 18.2 Å². The van der Waals surface area contributed by atoms with Gasteiger partial charge in [0.25, 0.3) is 11.8 Å². The molecule has 0 aliphatic carbocycles. The predicted molar refractivity (Wildman–Crippen MR) is 146 cm³/mol. The maximum atomic E-state index is 13.7. The number of carbonyl (C=O) groups is 2. The minimum atomic E-state index is -0.364. The average molecular weight is 532 g/mol. The number of carbonyl (C=O) groups excluding carboxylic acids is 2. The summed E-state index contributed by atoms with van der Waals surface area (Å²) >= 11 is 6.52. The first-order valence-electron chi connectivity index (χ1n) is 12.9. The lowest BCUT2D eigenvalue weighted by molar-refractivity contribution is 0.0642. The van der Waals surface area contributed by atoms with Gasteiger partial charge >= 0.3 is 0 Å². The minimum Gasteiger partial charge on any atom is -0.493 e. The number of piperazine rings is 1. The molecule has 3 aliphatic rings. The molecule has 196 valence electrons. The molecule has 38 heavy (non-hydrogen) atoms. The predicted octanol–water partition coefficient (Wildman–Crippen LogP) is 5.01. The second kappa shape index (κ2) is 9.97. The van der Waals surface area contributed by atoms with E-state index in [4.69, 9.17) is 21.1 Å². The maximum Gasteiger partial charge on any atom is 0.264 e. The van der Waals surface area contributed by atoms with Crippen molar-refractivity contribution in [3.05, 3.63) is 87.9 Å². The van der Waals surface area contributed by atoms with E-state index in [1.165, 1.54) is 10.5 Å². The molecule has 0 saturated carbocycles. The fraction of sp³-hybridized carbons (Fsp3) is 0.333. The van der Waals surface area contributed by atoms with E-state index in [9.17, 15) is 9.59 Å². The summed E-state index contributed by atoms with van der Waals surface area (Å²) in [7, 11) is 3.13. The van der Waals surface area contributed by atoms with Gasteiger partial charge in [-0.3, -0.25) is 19.4 Å². The van der Waals surface area contributed by atoms with Gasteiger partial charge in [0.2, 0.25) is 0 Å². The van der Waals surface area contributed by atoms with Crippen LogP contribution in [0.3, 0.4) is 0 Å². The first kappa shape index (κ1) is 24.8. The van der Waals surface area contributed by atoms with E-state index in [-0.39, 0.29) is 18.4 Å². The topological polar surface area (TPSA) is 62.3 Å². The first-order chi connectivity index (χ1) is 18.5. The Morgan fingerprint density at radius 3 is 2.16 bits per heavy atom. The lowest BCUT2D eigenvalue weighted by Crippen LogP contribution is -2.53. The highest BCUT2D eigenvalue weighted by molar-refractivity contribution is 6.38. The smallest absolute Gasteiger partial charge is 0.264 e. The van der Waals surface area contributed by atoms with Crippen molar-refractivity contribution in [3.63, 3.8) is 0 Å². The summed E-state index contributed by atoms with van der Waals surface area (Å²) in [6.45, 7) is 2.68. The molecule has 3 heterocycles. The summed E-state index contributed by atoms with van der Waals surface area (Å²) in [5.74, 6) is 0.461. The molecule has 3 aliphatic heterocycles. The third-order valence-electron chi connectivity index (χ3n) is 8.02. The Morgan fingerprint density at radius 2 is 1.47 bits per heavy atom. The van der Waals surface area contributed by atoms with Crippen LogP contribution in [0.4, 0.5) is 5.69 Å². The monoisotopic (exact) mass is 531 g/mol. The molecule has 8 heteroatoms. The number of ether oxygens (including phenoxy) is 2. The average Bonchev–Trinajstić information content (AvgIpc) is 3.31. The molecule has 2 saturated heterocycles. The summed E-state index contributed by atoms with van der Waals surface area (Å²) in [5.41, 5.74) is 3.60. The SMILES string of the molecule is COc1ccc(CN2C(=O)c3c(Cl)ccc(N4CC5CCC(C4)N5Cc4ccccc4)c3C2=O)cc1OC. The Hall–Kier alpha value is -3.55. The second-order valence-corrected chi connectivity index (χ2v) is 10.6. The Kier molecular flexibility index (Phi) is 6.50. The molecule has 2 bridgehead atoms. The number of fused-ring (bicyclic) bond motifs is 3. The lowest BCUT2D eigenvalue weighted by Gasteiger charge is -2.42. The molecule has 2 fully saturated rings. The zero-order valence-corrected chi connectivity index (χ0v) is 22.3. The number of nitrogens with zero attached hydrogens (tertiary/aromatic N) is 3. The molecule has 7 nitrogen and oxygen atoms in total. The van der Waals surface area contributed by atoms with E-state index < -0.39 is 0 Å². The fourth-order valence-corrected chi connectivity index (χ4v) is 6.40. The Labute approximate surface area is 227 Å². The Balaban J connectivity index is 1.26. The number of amides is 2. The van der Waals surface area contributed by atoms with Gasteiger partial charge in [0.05, 0.1) is 42.6 Å². The van der Waals surface area contributed by atoms with Crippen LogP contribution in [0, 0.1) is 0 Å². The van der Waals surface area contributed by atoms with Crippen LogP contribution < -0.4 is 14.4 Å². The maximum absolute atomic E-state index is 13.7. The number of anilines is 1. The lowest BCUT2D eigenvalue weighted by atomic mass is 10.0. The molecule has 2 atom stereocenters. The normalized spacial score (nSPS) is 20.7. The molecule has 0 aromatic heterocycles. The Bertz CT molecular complexity index is 1380. The van der Waals surface area contributed by atoms with Crippen molar-refractivity contribution in [1.82, 2.24) is 9.80 Å². The minimum absolute atomic E-state index is 0.124. The van der Waals surface area contributed by atoms with Gasteiger partial charge < -0.3 is 14.4 Å². The van der Waals surface area contributed by atoms with Gasteiger partial charge in [0.1, 0.15) is 0 Å². The fourth-order valence-electron chi connectivity index (χ4n) is 6.16. The van der Waals surface area contributed by atoms with Gasteiger partial charge in [-0.05, 0) is 48.2 Å². The highest BCUT2D eigenvalue weighted by Crippen LogP contribution is 2.41. The molecule has 3 aromatic carbocycles. The molecular formula is C30H30ClN3O4. The van der Waals surface area contributed by atoms with Gasteiger partial charge in [0.15, 0.2) is 11.5 Å². The third-order valence-corrected chi connectivity index (χ3v) is 8.34. The van der Waals surface area contributed by atoms with Crippen molar-refractivity contribution in [2.45, 2.75) is 38.0 Å². The van der Waals surface area contributed by atoms with Crippen molar-refractivity contribution in [2.24, 2.45) is 0 Å². The van der Waals surface area contributed by atoms with Crippen molar-refractivity contribution in [2.75, 3.05) is 32.2 Å². The van der Waals surface area contributed by atoms with Gasteiger partial charge in [0, 0.05) is 31.7 Å². The zero-order chi connectivity index (χ0) is 26.4. The van der Waals surface area contributed by atoms with Crippen molar-refractivity contribution < 1.29 is 19.1 Å². The molecule has 6 rings (SSSR count). The van der Waals surface area contributed by atoms with Crippen molar-refractivity contribution in [3.8, 4) is 11.5 Å². The highest BCUT2D eigenvalue weighted by atomic mass is 35.5. The van der Waals surface area contributed by atoms with Crippen LogP contribution in [0.2, 0.25) is 5.02 Å². The van der Waals surface area contributed by atoms with Crippen LogP contribution in [0.5, 0.6) is 11.5 Å². The quantitative estimate of drug-likeness (QED) is 0.400. The summed E-state index contributed by atoms with van der Waals surface area (Å²) in [6, 6.07) is 20.4. The van der Waals surface area contributed by atoms with Crippen LogP contribution in [0.25, 0.3) is 0 Å². The summed E-state index contributed by atoms with van der Waals surface area (Å²) < 4.78 is 10.7. The first-order valence-corrected chi connectivity index (χ1v) is 13.3. The summed E-state index contributed by atoms with van der Waals surface area (Å²) in [4.78, 5) is 33.4. The van der Waals surface area contributed by atoms with Gasteiger partial charge in [-0.15, -0.1) is 0 Å². The van der Waals surface area contributed by atoms with Crippen LogP contribution in [-0.4, -0.2) is 61.0 Å². The molecule has 0 N–H and O–H groups in total. The zero-order valence-electron chi connectivity index (χ0n) is 21.5. The van der Waals surface area contributed by atoms with E-state index in [0.29, 0.717) is 39.7 Å². The molecule has 0 spiro atoms. The molecule has 3 aromatic rings. The van der Waals surface area contributed by atoms with E-state index in [0.717, 1.165) is 43.7 Å². The third kappa shape index (κ3) is 4.20. The number of hydrogen-bond donors (Lipinski definition) is 0. The summed E-state index contributed by atoms with van der Waals surface area (Å²) in [5, 5.41) is 0.308. The molecule has 2 unspecified atom stereocenters. The largest absolute Gasteiger partial charge is 0.493 e. The van der Waals surface area contributed by atoms with E-state index in [1.54, 1.807) is 32.4 Å². The number of methoxy groups -OCH3 is 2. The van der Waals surface area contributed by atoms with Crippen LogP contribution >= 0.6 is 11.6 Å². The number of imide groups is 1. The van der Waals surface area contributed by atoms with Crippen LogP contribution in [-0.2, 0) is 13.1 Å².